The fourth-order valence-electron chi connectivity index (χ4n) is 3.64. The second kappa shape index (κ2) is 8.48. The van der Waals surface area contributed by atoms with Crippen LogP contribution in [0.2, 0.25) is 0 Å². The molecule has 0 nitrogen and oxygen atoms in total. The maximum absolute atomic E-state index is 14.3. The largest absolute Gasteiger partial charge is 0.207 e. The molecule has 1 heterocycles. The molecule has 28 heavy (non-hydrogen) atoms. The van der Waals surface area contributed by atoms with Gasteiger partial charge in [-0.1, -0.05) is 24.3 Å². The molecule has 0 radical (unpaired) electrons. The molecule has 148 valence electrons. The highest BCUT2D eigenvalue weighted by Gasteiger charge is 2.19. The number of hydrogen-bond donors (Lipinski definition) is 0. The van der Waals surface area contributed by atoms with Crippen molar-refractivity contribution in [2.45, 2.75) is 47.7 Å². The van der Waals surface area contributed by atoms with Crippen molar-refractivity contribution in [3.8, 4) is 0 Å². The van der Waals surface area contributed by atoms with Crippen LogP contribution in [-0.2, 0) is 6.16 Å². The Hall–Kier alpha value is -1.49. The maximum Gasteiger partial charge on any atom is 0.126 e. The fourth-order valence-corrected chi connectivity index (χ4v) is 9.42. The van der Waals surface area contributed by atoms with Crippen molar-refractivity contribution >= 4 is 26.1 Å². The average Bonchev–Trinajstić information content (AvgIpc) is 2.84. The highest BCUT2D eigenvalue weighted by molar-refractivity contribution is 7.73. The highest BCUT2D eigenvalue weighted by atomic mass is 31.1. The molecule has 0 bridgehead atoms. The molecule has 0 aliphatic heterocycles. The zero-order valence-corrected chi connectivity index (χ0v) is 19.3. The molecule has 2 aromatic carbocycles. The zero-order valence-electron chi connectivity index (χ0n) is 17.5. The van der Waals surface area contributed by atoms with Gasteiger partial charge < -0.3 is 0 Å². The van der Waals surface area contributed by atoms with Gasteiger partial charge in [-0.2, -0.15) is 0 Å². The summed E-state index contributed by atoms with van der Waals surface area (Å²) in [5.41, 5.74) is 4.15. The molecule has 0 unspecified atom stereocenters. The summed E-state index contributed by atoms with van der Waals surface area (Å²) in [6, 6.07) is 11.0. The van der Waals surface area contributed by atoms with Gasteiger partial charge in [-0.3, -0.25) is 0 Å². The van der Waals surface area contributed by atoms with Gasteiger partial charge in [0.2, 0.25) is 0 Å². The Kier molecular flexibility index (Phi) is 6.43. The van der Waals surface area contributed by atoms with Crippen LogP contribution in [0.1, 0.15) is 32.8 Å². The molecule has 3 aromatic rings. The monoisotopic (exact) mass is 416 g/mol. The molecule has 0 atom stereocenters. The summed E-state index contributed by atoms with van der Waals surface area (Å²) < 4.78 is 28.6. The third-order valence-corrected chi connectivity index (χ3v) is 11.7. The lowest BCUT2D eigenvalue weighted by molar-refractivity contribution is 0.619. The topological polar surface area (TPSA) is 0 Å². The summed E-state index contributed by atoms with van der Waals surface area (Å²) in [5.74, 6) is -0.356. The summed E-state index contributed by atoms with van der Waals surface area (Å²) in [4.78, 5) is 0. The van der Waals surface area contributed by atoms with E-state index in [0.29, 0.717) is 11.1 Å². The molecular formula is C24H28F2P2. The number of benzene rings is 2. The van der Waals surface area contributed by atoms with Gasteiger partial charge in [0.05, 0.1) is 0 Å². The molecule has 3 rings (SSSR count). The van der Waals surface area contributed by atoms with E-state index in [-0.39, 0.29) is 19.2 Å². The summed E-state index contributed by atoms with van der Waals surface area (Å²) in [5, 5.41) is 5.00. The predicted molar refractivity (Wildman–Crippen MR) is 121 cm³/mol. The molecule has 4 heteroatoms. The van der Waals surface area contributed by atoms with Gasteiger partial charge in [-0.25, -0.2) is 8.78 Å². The van der Waals surface area contributed by atoms with Crippen LogP contribution in [0.25, 0.3) is 0 Å². The smallest absolute Gasteiger partial charge is 0.126 e. The van der Waals surface area contributed by atoms with Crippen LogP contribution in [0.3, 0.4) is 0 Å². The van der Waals surface area contributed by atoms with Gasteiger partial charge in [-0.05, 0) is 117 Å². The van der Waals surface area contributed by atoms with Crippen LogP contribution in [-0.4, -0.2) is 6.16 Å². The number of halogens is 2. The Morgan fingerprint density at radius 1 is 0.714 bits per heavy atom. The van der Waals surface area contributed by atoms with Crippen molar-refractivity contribution in [2.75, 3.05) is 6.16 Å². The van der Waals surface area contributed by atoms with E-state index in [1.54, 1.807) is 26.0 Å². The van der Waals surface area contributed by atoms with Crippen LogP contribution in [0.5, 0.6) is 0 Å². The molecule has 0 fully saturated rings. The Morgan fingerprint density at radius 2 is 1.14 bits per heavy atom. The van der Waals surface area contributed by atoms with E-state index >= 15 is 0 Å². The molecular weight excluding hydrogens is 388 g/mol. The second-order valence-corrected chi connectivity index (χ2v) is 12.6. The first-order valence-electron chi connectivity index (χ1n) is 9.63. The maximum atomic E-state index is 14.3. The first-order chi connectivity index (χ1) is 13.2. The average molecular weight is 416 g/mol. The minimum atomic E-state index is -0.800. The second-order valence-electron chi connectivity index (χ2n) is 7.59. The molecule has 0 aliphatic rings. The first kappa shape index (κ1) is 21.2. The minimum Gasteiger partial charge on any atom is -0.207 e. The SMILES string of the molecule is Cc1ccc(P(CCp2c(C)c(C)c(C)c2C)c2ccc(C)c(F)c2)cc1F. The van der Waals surface area contributed by atoms with Crippen LogP contribution < -0.4 is 10.6 Å². The first-order valence-corrected chi connectivity index (χ1v) is 12.7. The Morgan fingerprint density at radius 3 is 1.54 bits per heavy atom. The van der Waals surface area contributed by atoms with Crippen molar-refractivity contribution < 1.29 is 8.78 Å². The summed E-state index contributed by atoms with van der Waals surface area (Å²) >= 11 is 0. The lowest BCUT2D eigenvalue weighted by atomic mass is 10.2. The highest BCUT2D eigenvalue weighted by Crippen LogP contribution is 2.48. The van der Waals surface area contributed by atoms with E-state index in [9.17, 15) is 8.78 Å². The molecule has 0 aliphatic carbocycles. The zero-order chi connectivity index (χ0) is 20.6. The normalized spacial score (nSPS) is 11.5. The van der Waals surface area contributed by atoms with Crippen molar-refractivity contribution in [1.82, 2.24) is 0 Å². The quantitative estimate of drug-likeness (QED) is 0.396. The molecule has 0 saturated heterocycles. The number of hydrogen-bond acceptors (Lipinski definition) is 0. The van der Waals surface area contributed by atoms with Gasteiger partial charge in [0, 0.05) is 0 Å². The van der Waals surface area contributed by atoms with Crippen LogP contribution in [0, 0.1) is 53.2 Å². The van der Waals surface area contributed by atoms with Crippen molar-refractivity contribution in [3.63, 3.8) is 0 Å². The molecule has 0 spiro atoms. The van der Waals surface area contributed by atoms with E-state index in [4.69, 9.17) is 0 Å². The lowest BCUT2D eigenvalue weighted by Gasteiger charge is -2.20. The van der Waals surface area contributed by atoms with Crippen molar-refractivity contribution in [3.05, 3.63) is 80.9 Å². The van der Waals surface area contributed by atoms with E-state index in [1.165, 1.54) is 21.7 Å². The standard InChI is InChI=1S/C24H28F2P2/c1-15-7-9-21(13-23(15)25)28(22-10-8-16(2)24(26)14-22)12-11-27-19(5)17(3)18(4)20(27)6/h7-10,13-14H,11-12H2,1-6H3. The van der Waals surface area contributed by atoms with Gasteiger partial charge in [0.15, 0.2) is 0 Å². The summed E-state index contributed by atoms with van der Waals surface area (Å²) in [6.07, 6.45) is 2.01. The van der Waals surface area contributed by atoms with Crippen molar-refractivity contribution in [1.29, 1.82) is 0 Å². The van der Waals surface area contributed by atoms with E-state index < -0.39 is 7.92 Å². The predicted octanol–water partition coefficient (Wildman–Crippen LogP) is 6.93. The third kappa shape index (κ3) is 4.10. The molecule has 0 saturated carbocycles. The lowest BCUT2D eigenvalue weighted by Crippen LogP contribution is -2.16. The summed E-state index contributed by atoms with van der Waals surface area (Å²) in [7, 11) is -1.10. The number of aryl methyl sites for hydroxylation is 2. The summed E-state index contributed by atoms with van der Waals surface area (Å²) in [6.45, 7) is 12.5. The van der Waals surface area contributed by atoms with Gasteiger partial charge >= 0.3 is 0 Å². The van der Waals surface area contributed by atoms with E-state index in [0.717, 1.165) is 22.9 Å². The third-order valence-electron chi connectivity index (χ3n) is 5.94. The van der Waals surface area contributed by atoms with Crippen LogP contribution >= 0.6 is 15.5 Å². The van der Waals surface area contributed by atoms with E-state index in [2.05, 4.69) is 27.7 Å². The Balaban J connectivity index is 2.00. The minimum absolute atomic E-state index is 0.178. The Bertz CT molecular complexity index is 941. The van der Waals surface area contributed by atoms with Crippen molar-refractivity contribution in [2.24, 2.45) is 0 Å². The molecule has 0 N–H and O–H groups in total. The number of rotatable bonds is 5. The molecule has 1 aromatic heterocycles. The fraction of sp³-hybridized carbons (Fsp3) is 0.333. The van der Waals surface area contributed by atoms with E-state index in [1.807, 2.05) is 24.3 Å². The Labute approximate surface area is 169 Å². The van der Waals surface area contributed by atoms with Gasteiger partial charge in [0.25, 0.3) is 0 Å². The van der Waals surface area contributed by atoms with Crippen LogP contribution in [0.15, 0.2) is 36.4 Å². The van der Waals surface area contributed by atoms with Gasteiger partial charge in [-0.15, -0.1) is 7.53 Å². The molecule has 0 amide bonds. The van der Waals surface area contributed by atoms with Crippen LogP contribution in [0.4, 0.5) is 8.78 Å². The van der Waals surface area contributed by atoms with Gasteiger partial charge in [0.1, 0.15) is 11.6 Å².